The molecular formula is C15H24N3O5+. The van der Waals surface area contributed by atoms with Crippen LogP contribution in [0, 0.1) is 0 Å². The van der Waals surface area contributed by atoms with E-state index in [0.29, 0.717) is 32.9 Å². The Bertz CT molecular complexity index is 485. The first kappa shape index (κ1) is 17.5. The molecule has 0 spiro atoms. The molecule has 2 amide bonds. The number of carbonyl (C=O) groups excluding carboxylic acids is 2. The minimum Gasteiger partial charge on any atom is -0.463 e. The number of rotatable bonds is 7. The second-order valence-corrected chi connectivity index (χ2v) is 5.30. The first-order valence-electron chi connectivity index (χ1n) is 7.73. The molecule has 1 aliphatic heterocycles. The van der Waals surface area contributed by atoms with E-state index in [2.05, 4.69) is 10.6 Å². The maximum absolute atomic E-state index is 11.9. The van der Waals surface area contributed by atoms with Gasteiger partial charge >= 0.3 is 11.8 Å². The molecule has 0 aromatic carbocycles. The molecule has 0 radical (unpaired) electrons. The highest BCUT2D eigenvalue weighted by molar-refractivity contribution is 6.35. The van der Waals surface area contributed by atoms with Crippen LogP contribution >= 0.6 is 0 Å². The Morgan fingerprint density at radius 2 is 2.04 bits per heavy atom. The topological polar surface area (TPSA) is 94.2 Å². The van der Waals surface area contributed by atoms with Gasteiger partial charge in [-0.05, 0) is 12.1 Å². The van der Waals surface area contributed by atoms with Crippen molar-refractivity contribution in [3.8, 4) is 0 Å². The molecule has 8 heteroatoms. The largest absolute Gasteiger partial charge is 0.463 e. The van der Waals surface area contributed by atoms with Crippen LogP contribution in [0.25, 0.3) is 0 Å². The van der Waals surface area contributed by atoms with Crippen molar-refractivity contribution >= 4 is 11.8 Å². The lowest BCUT2D eigenvalue weighted by Crippen LogP contribution is -3.15. The van der Waals surface area contributed by atoms with Crippen molar-refractivity contribution in [3.63, 3.8) is 0 Å². The number of amides is 2. The highest BCUT2D eigenvalue weighted by Gasteiger charge is 2.29. The molecule has 0 saturated carbocycles. The summed E-state index contributed by atoms with van der Waals surface area (Å²) in [4.78, 5) is 24.8. The predicted molar refractivity (Wildman–Crippen MR) is 80.9 cm³/mol. The van der Waals surface area contributed by atoms with Crippen LogP contribution in [0.2, 0.25) is 0 Å². The van der Waals surface area contributed by atoms with Crippen LogP contribution in [0.1, 0.15) is 11.8 Å². The third-order valence-corrected chi connectivity index (χ3v) is 3.78. The van der Waals surface area contributed by atoms with Crippen molar-refractivity contribution in [2.45, 2.75) is 6.04 Å². The number of methoxy groups -OCH3 is 1. The van der Waals surface area contributed by atoms with Gasteiger partial charge in [0.05, 0.1) is 32.6 Å². The van der Waals surface area contributed by atoms with E-state index in [1.54, 1.807) is 6.26 Å². The molecule has 0 aliphatic carbocycles. The van der Waals surface area contributed by atoms with Crippen LogP contribution in [0.15, 0.2) is 22.8 Å². The molecule has 2 rings (SSSR count). The first-order chi connectivity index (χ1) is 11.2. The molecule has 0 bridgehead atoms. The van der Waals surface area contributed by atoms with Gasteiger partial charge in [-0.3, -0.25) is 9.59 Å². The van der Waals surface area contributed by atoms with E-state index >= 15 is 0 Å². The Morgan fingerprint density at radius 3 is 2.70 bits per heavy atom. The minimum absolute atomic E-state index is 0.0374. The van der Waals surface area contributed by atoms with E-state index in [1.807, 2.05) is 12.1 Å². The summed E-state index contributed by atoms with van der Waals surface area (Å²) in [6, 6.07) is 3.67. The molecule has 3 N–H and O–H groups in total. The average Bonchev–Trinajstić information content (AvgIpc) is 3.10. The molecule has 8 nitrogen and oxygen atoms in total. The van der Waals surface area contributed by atoms with E-state index < -0.39 is 11.8 Å². The van der Waals surface area contributed by atoms with Crippen LogP contribution in [0.4, 0.5) is 0 Å². The zero-order valence-corrected chi connectivity index (χ0v) is 13.3. The highest BCUT2D eigenvalue weighted by atomic mass is 16.5. The van der Waals surface area contributed by atoms with Crippen molar-refractivity contribution in [1.29, 1.82) is 0 Å². The van der Waals surface area contributed by atoms with Gasteiger partial charge in [0.15, 0.2) is 11.8 Å². The standard InChI is InChI=1S/C15H23N3O5/c1-21-8-4-16-14(19)15(20)17-11-12(13-3-2-7-23-13)18-5-9-22-10-6-18/h2-3,7,12H,4-6,8-11H2,1H3,(H,16,19)(H,17,20)/p+1/t12-/m1/s1. The van der Waals surface area contributed by atoms with Gasteiger partial charge in [-0.15, -0.1) is 0 Å². The first-order valence-corrected chi connectivity index (χ1v) is 7.73. The lowest BCUT2D eigenvalue weighted by molar-refractivity contribution is -0.938. The summed E-state index contributed by atoms with van der Waals surface area (Å²) in [6.45, 7) is 4.03. The SMILES string of the molecule is COCCNC(=O)C(=O)NC[C@H](c1ccco1)[NH+]1CCOCC1. The number of furan rings is 1. The lowest BCUT2D eigenvalue weighted by Gasteiger charge is -2.30. The molecule has 1 fully saturated rings. The Morgan fingerprint density at radius 1 is 1.30 bits per heavy atom. The number of morpholine rings is 1. The van der Waals surface area contributed by atoms with E-state index in [9.17, 15) is 9.59 Å². The van der Waals surface area contributed by atoms with Crippen molar-refractivity contribution in [2.24, 2.45) is 0 Å². The van der Waals surface area contributed by atoms with Gasteiger partial charge in [0, 0.05) is 13.7 Å². The lowest BCUT2D eigenvalue weighted by atomic mass is 10.1. The average molecular weight is 326 g/mol. The number of carbonyl (C=O) groups is 2. The number of ether oxygens (including phenoxy) is 2. The van der Waals surface area contributed by atoms with E-state index in [4.69, 9.17) is 13.9 Å². The van der Waals surface area contributed by atoms with Crippen molar-refractivity contribution in [3.05, 3.63) is 24.2 Å². The van der Waals surface area contributed by atoms with Gasteiger partial charge in [0.2, 0.25) is 0 Å². The summed E-state index contributed by atoms with van der Waals surface area (Å²) in [6.07, 6.45) is 1.61. The minimum atomic E-state index is -0.655. The highest BCUT2D eigenvalue weighted by Crippen LogP contribution is 2.09. The predicted octanol–water partition coefficient (Wildman–Crippen LogP) is -1.89. The fraction of sp³-hybridized carbons (Fsp3) is 0.600. The maximum atomic E-state index is 11.9. The molecule has 1 aromatic rings. The molecule has 128 valence electrons. The summed E-state index contributed by atoms with van der Waals surface area (Å²) < 4.78 is 15.7. The van der Waals surface area contributed by atoms with Crippen LogP contribution in [-0.2, 0) is 19.1 Å². The van der Waals surface area contributed by atoms with Crippen LogP contribution in [0.3, 0.4) is 0 Å². The summed E-state index contributed by atoms with van der Waals surface area (Å²) in [5.74, 6) is -0.510. The summed E-state index contributed by atoms with van der Waals surface area (Å²) in [7, 11) is 1.53. The Balaban J connectivity index is 1.88. The summed E-state index contributed by atoms with van der Waals surface area (Å²) >= 11 is 0. The molecule has 2 heterocycles. The van der Waals surface area contributed by atoms with E-state index in [1.165, 1.54) is 12.0 Å². The molecule has 1 aliphatic rings. The monoisotopic (exact) mass is 326 g/mol. The van der Waals surface area contributed by atoms with Gasteiger partial charge in [-0.2, -0.15) is 0 Å². The molecular weight excluding hydrogens is 302 g/mol. The van der Waals surface area contributed by atoms with Crippen LogP contribution in [-0.4, -0.2) is 64.9 Å². The van der Waals surface area contributed by atoms with Crippen LogP contribution in [0.5, 0.6) is 0 Å². The quantitative estimate of drug-likeness (QED) is 0.403. The molecule has 0 unspecified atom stereocenters. The second kappa shape index (κ2) is 9.29. The van der Waals surface area contributed by atoms with E-state index in [-0.39, 0.29) is 6.04 Å². The van der Waals surface area contributed by atoms with Crippen molar-refractivity contribution in [1.82, 2.24) is 10.6 Å². The molecule has 23 heavy (non-hydrogen) atoms. The van der Waals surface area contributed by atoms with Crippen molar-refractivity contribution in [2.75, 3.05) is 53.1 Å². The normalized spacial score (nSPS) is 16.7. The third kappa shape index (κ3) is 5.34. The van der Waals surface area contributed by atoms with Gasteiger partial charge in [-0.25, -0.2) is 0 Å². The third-order valence-electron chi connectivity index (χ3n) is 3.78. The number of hydrogen-bond donors (Lipinski definition) is 3. The van der Waals surface area contributed by atoms with Gasteiger partial charge in [0.1, 0.15) is 13.1 Å². The summed E-state index contributed by atoms with van der Waals surface area (Å²) in [5, 5.41) is 5.18. The smallest absolute Gasteiger partial charge is 0.309 e. The zero-order chi connectivity index (χ0) is 16.5. The fourth-order valence-electron chi connectivity index (χ4n) is 2.54. The van der Waals surface area contributed by atoms with Gasteiger partial charge < -0.3 is 29.4 Å². The Kier molecular flexibility index (Phi) is 7.05. The molecule has 1 saturated heterocycles. The maximum Gasteiger partial charge on any atom is 0.309 e. The zero-order valence-electron chi connectivity index (χ0n) is 13.3. The number of quaternary nitrogens is 1. The molecule has 1 atom stereocenters. The number of hydrogen-bond acceptors (Lipinski definition) is 5. The van der Waals surface area contributed by atoms with Crippen molar-refractivity contribution < 1.29 is 28.4 Å². The Hall–Kier alpha value is -1.90. The van der Waals surface area contributed by atoms with Gasteiger partial charge in [-0.1, -0.05) is 0 Å². The summed E-state index contributed by atoms with van der Waals surface area (Å²) in [5.41, 5.74) is 0. The Labute approximate surface area is 135 Å². The second-order valence-electron chi connectivity index (χ2n) is 5.30. The fourth-order valence-corrected chi connectivity index (χ4v) is 2.54. The molecule has 1 aromatic heterocycles. The van der Waals surface area contributed by atoms with Crippen LogP contribution < -0.4 is 15.5 Å². The van der Waals surface area contributed by atoms with Gasteiger partial charge in [0.25, 0.3) is 0 Å². The number of nitrogens with one attached hydrogen (secondary N) is 3. The van der Waals surface area contributed by atoms with E-state index in [0.717, 1.165) is 18.8 Å².